The van der Waals surface area contributed by atoms with Crippen LogP contribution in [0.15, 0.2) is 30.3 Å². The van der Waals surface area contributed by atoms with Crippen molar-refractivity contribution in [2.45, 2.75) is 6.42 Å². The second kappa shape index (κ2) is 5.19. The maximum Gasteiger partial charge on any atom is 0.116 e. The average molecular weight is 226 g/mol. The van der Waals surface area contributed by atoms with Crippen LogP contribution in [0.5, 0.6) is 5.75 Å². The minimum atomic E-state index is 0. The van der Waals surface area contributed by atoms with Gasteiger partial charge >= 0.3 is 0 Å². The molecular weight excluding hydrogens is 210 g/mol. The maximum atomic E-state index is 9.36. The molecule has 0 saturated heterocycles. The zero-order valence-electron chi connectivity index (χ0n) is 8.81. The second-order valence-corrected chi connectivity index (χ2v) is 3.79. The summed E-state index contributed by atoms with van der Waals surface area (Å²) in [5, 5.41) is 9.36. The third-order valence-corrected chi connectivity index (χ3v) is 2.63. The topological polar surface area (TPSA) is 23.5 Å². The third kappa shape index (κ3) is 2.98. The van der Waals surface area contributed by atoms with Crippen molar-refractivity contribution in [1.82, 2.24) is 4.90 Å². The molecule has 1 N–H and O–H groups in total. The summed E-state index contributed by atoms with van der Waals surface area (Å²) >= 11 is 0. The van der Waals surface area contributed by atoms with Gasteiger partial charge in [0.1, 0.15) is 5.75 Å². The lowest BCUT2D eigenvalue weighted by Gasteiger charge is -2.22. The number of hydrogen-bond acceptors (Lipinski definition) is 2. The number of hydrogen-bond donors (Lipinski definition) is 1. The molecule has 0 unspecified atom stereocenters. The molecule has 0 radical (unpaired) electrons. The van der Waals surface area contributed by atoms with Crippen molar-refractivity contribution in [3.63, 3.8) is 0 Å². The van der Waals surface area contributed by atoms with E-state index < -0.39 is 0 Å². The lowest BCUT2D eigenvalue weighted by atomic mass is 10.00. The van der Waals surface area contributed by atoms with E-state index >= 15 is 0 Å². The number of halogens is 1. The molecule has 2 nitrogen and oxygen atoms in total. The zero-order chi connectivity index (χ0) is 9.97. The van der Waals surface area contributed by atoms with E-state index in [9.17, 15) is 5.11 Å². The van der Waals surface area contributed by atoms with Gasteiger partial charge in [-0.3, -0.25) is 0 Å². The molecule has 1 aromatic rings. The number of benzene rings is 1. The first-order valence-electron chi connectivity index (χ1n) is 4.93. The largest absolute Gasteiger partial charge is 0.508 e. The Morgan fingerprint density at radius 3 is 2.73 bits per heavy atom. The molecule has 0 fully saturated rings. The molecule has 0 bridgehead atoms. The van der Waals surface area contributed by atoms with Crippen LogP contribution in [0.4, 0.5) is 0 Å². The molecule has 0 aliphatic carbocycles. The Bertz CT molecular complexity index is 362. The Hall–Kier alpha value is -0.990. The first-order chi connectivity index (χ1) is 6.75. The van der Waals surface area contributed by atoms with Crippen molar-refractivity contribution in [3.05, 3.63) is 35.9 Å². The van der Waals surface area contributed by atoms with E-state index in [4.69, 9.17) is 0 Å². The van der Waals surface area contributed by atoms with Gasteiger partial charge in [0.05, 0.1) is 0 Å². The first kappa shape index (κ1) is 12.1. The molecule has 82 valence electrons. The molecule has 15 heavy (non-hydrogen) atoms. The van der Waals surface area contributed by atoms with Crippen LogP contribution in [-0.4, -0.2) is 30.1 Å². The van der Waals surface area contributed by atoms with Gasteiger partial charge in [0.2, 0.25) is 0 Å². The SMILES string of the molecule is CN1CC=C(c2cccc(O)c2)CC1.Cl. The summed E-state index contributed by atoms with van der Waals surface area (Å²) in [5.41, 5.74) is 2.50. The van der Waals surface area contributed by atoms with E-state index in [0.29, 0.717) is 5.75 Å². The fourth-order valence-corrected chi connectivity index (χ4v) is 1.74. The summed E-state index contributed by atoms with van der Waals surface area (Å²) in [6.45, 7) is 2.10. The average Bonchev–Trinajstić information content (AvgIpc) is 2.19. The molecule has 2 rings (SSSR count). The predicted octanol–water partition coefficient (Wildman–Crippen LogP) is 2.53. The lowest BCUT2D eigenvalue weighted by Crippen LogP contribution is -2.23. The van der Waals surface area contributed by atoms with Crippen LogP contribution in [0, 0.1) is 0 Å². The number of aromatic hydroxyl groups is 1. The zero-order valence-corrected chi connectivity index (χ0v) is 9.63. The van der Waals surface area contributed by atoms with Gasteiger partial charge in [0.15, 0.2) is 0 Å². The summed E-state index contributed by atoms with van der Waals surface area (Å²) in [5.74, 6) is 0.349. The van der Waals surface area contributed by atoms with Crippen molar-refractivity contribution < 1.29 is 5.11 Å². The van der Waals surface area contributed by atoms with Gasteiger partial charge < -0.3 is 10.0 Å². The molecule has 0 aromatic heterocycles. The van der Waals surface area contributed by atoms with Gasteiger partial charge in [-0.25, -0.2) is 0 Å². The number of phenols is 1. The summed E-state index contributed by atoms with van der Waals surface area (Å²) < 4.78 is 0. The van der Waals surface area contributed by atoms with E-state index in [-0.39, 0.29) is 12.4 Å². The Kier molecular flexibility index (Phi) is 4.18. The molecule has 1 aromatic carbocycles. The number of phenolic OH excluding ortho intramolecular Hbond substituents is 1. The predicted molar refractivity (Wildman–Crippen MR) is 65.4 cm³/mol. The van der Waals surface area contributed by atoms with Crippen LogP contribution in [0.2, 0.25) is 0 Å². The van der Waals surface area contributed by atoms with Crippen molar-refractivity contribution in [2.75, 3.05) is 20.1 Å². The molecule has 1 aliphatic heterocycles. The molecule has 1 heterocycles. The minimum absolute atomic E-state index is 0. The highest BCUT2D eigenvalue weighted by molar-refractivity contribution is 5.85. The number of rotatable bonds is 1. The smallest absolute Gasteiger partial charge is 0.116 e. The van der Waals surface area contributed by atoms with E-state index in [2.05, 4.69) is 24.1 Å². The Morgan fingerprint density at radius 1 is 1.33 bits per heavy atom. The Morgan fingerprint density at radius 2 is 2.13 bits per heavy atom. The van der Waals surface area contributed by atoms with Crippen molar-refractivity contribution in [3.8, 4) is 5.75 Å². The van der Waals surface area contributed by atoms with E-state index in [1.165, 1.54) is 5.57 Å². The van der Waals surface area contributed by atoms with Crippen LogP contribution < -0.4 is 0 Å². The normalized spacial score (nSPS) is 16.7. The molecule has 3 heteroatoms. The van der Waals surface area contributed by atoms with Crippen LogP contribution in [0.3, 0.4) is 0 Å². The minimum Gasteiger partial charge on any atom is -0.508 e. The summed E-state index contributed by atoms with van der Waals surface area (Å²) in [4.78, 5) is 2.28. The molecular formula is C12H16ClNO. The maximum absolute atomic E-state index is 9.36. The van der Waals surface area contributed by atoms with Gasteiger partial charge in [0, 0.05) is 13.1 Å². The summed E-state index contributed by atoms with van der Waals surface area (Å²) in [6, 6.07) is 7.48. The highest BCUT2D eigenvalue weighted by atomic mass is 35.5. The van der Waals surface area contributed by atoms with E-state index in [0.717, 1.165) is 25.1 Å². The second-order valence-electron chi connectivity index (χ2n) is 3.79. The van der Waals surface area contributed by atoms with Gasteiger partial charge in [-0.2, -0.15) is 0 Å². The summed E-state index contributed by atoms with van der Waals surface area (Å²) in [7, 11) is 2.12. The van der Waals surface area contributed by atoms with Crippen LogP contribution in [-0.2, 0) is 0 Å². The van der Waals surface area contributed by atoms with Crippen LogP contribution in [0.25, 0.3) is 5.57 Å². The van der Waals surface area contributed by atoms with Gasteiger partial charge in [-0.15, -0.1) is 12.4 Å². The first-order valence-corrected chi connectivity index (χ1v) is 4.93. The monoisotopic (exact) mass is 225 g/mol. The standard InChI is InChI=1S/C12H15NO.ClH/c1-13-7-5-10(6-8-13)11-3-2-4-12(14)9-11;/h2-5,9,14H,6-8H2,1H3;1H. The van der Waals surface area contributed by atoms with Gasteiger partial charge in [-0.05, 0) is 36.7 Å². The van der Waals surface area contributed by atoms with Crippen LogP contribution in [0.1, 0.15) is 12.0 Å². The fraction of sp³-hybridized carbons (Fsp3) is 0.333. The number of nitrogens with zero attached hydrogens (tertiary/aromatic N) is 1. The van der Waals surface area contributed by atoms with Gasteiger partial charge in [0.25, 0.3) is 0 Å². The summed E-state index contributed by atoms with van der Waals surface area (Å²) in [6.07, 6.45) is 3.30. The van der Waals surface area contributed by atoms with Crippen molar-refractivity contribution in [1.29, 1.82) is 0 Å². The Labute approximate surface area is 96.6 Å². The van der Waals surface area contributed by atoms with Crippen LogP contribution >= 0.6 is 12.4 Å². The number of likely N-dealkylation sites (N-methyl/N-ethyl adjacent to an activating group) is 1. The third-order valence-electron chi connectivity index (χ3n) is 2.63. The van der Waals surface area contributed by atoms with Crippen molar-refractivity contribution >= 4 is 18.0 Å². The molecule has 0 spiro atoms. The van der Waals surface area contributed by atoms with Gasteiger partial charge in [-0.1, -0.05) is 18.2 Å². The quantitative estimate of drug-likeness (QED) is 0.794. The van der Waals surface area contributed by atoms with E-state index in [1.807, 2.05) is 12.1 Å². The lowest BCUT2D eigenvalue weighted by molar-refractivity contribution is 0.370. The molecule has 1 aliphatic rings. The highest BCUT2D eigenvalue weighted by Gasteiger charge is 2.09. The molecule has 0 atom stereocenters. The molecule has 0 amide bonds. The van der Waals surface area contributed by atoms with Crippen molar-refractivity contribution in [2.24, 2.45) is 0 Å². The fourth-order valence-electron chi connectivity index (χ4n) is 1.74. The Balaban J connectivity index is 0.00000112. The van der Waals surface area contributed by atoms with E-state index in [1.54, 1.807) is 6.07 Å². The molecule has 0 saturated carbocycles. The highest BCUT2D eigenvalue weighted by Crippen LogP contribution is 2.24.